The number of aliphatic carboxylic acids is 1. The highest BCUT2D eigenvalue weighted by Gasteiger charge is 2.11. The molecule has 0 fully saturated rings. The van der Waals surface area contributed by atoms with Gasteiger partial charge in [-0.2, -0.15) is 0 Å². The molecule has 12 heavy (non-hydrogen) atoms. The van der Waals surface area contributed by atoms with Gasteiger partial charge in [0.15, 0.2) is 0 Å². The molecular weight excluding hydrogens is 158 g/mol. The van der Waals surface area contributed by atoms with E-state index < -0.39 is 12.1 Å². The Morgan fingerprint density at radius 2 is 1.92 bits per heavy atom. The van der Waals surface area contributed by atoms with E-state index in [4.69, 9.17) is 5.11 Å². The number of likely N-dealkylation sites (N-methyl/N-ethyl adjacent to an activating group) is 1. The predicted octanol–water partition coefficient (Wildman–Crippen LogP) is 0.164. The van der Waals surface area contributed by atoms with Crippen molar-refractivity contribution in [2.45, 2.75) is 26.4 Å². The van der Waals surface area contributed by atoms with E-state index >= 15 is 0 Å². The second kappa shape index (κ2) is 5.97. The van der Waals surface area contributed by atoms with Crippen LogP contribution in [-0.4, -0.2) is 46.8 Å². The first-order chi connectivity index (χ1) is 5.60. The molecule has 0 heterocycles. The maximum atomic E-state index is 10.2. The Morgan fingerprint density at radius 1 is 1.42 bits per heavy atom. The molecule has 0 saturated carbocycles. The molecule has 0 aliphatic rings. The topological polar surface area (TPSA) is 60.8 Å². The van der Waals surface area contributed by atoms with Crippen LogP contribution >= 0.6 is 0 Å². The Bertz CT molecular complexity index is 134. The van der Waals surface area contributed by atoms with Crippen molar-refractivity contribution in [1.29, 1.82) is 0 Å². The van der Waals surface area contributed by atoms with Crippen LogP contribution in [0.3, 0.4) is 0 Å². The van der Waals surface area contributed by atoms with Gasteiger partial charge in [-0.3, -0.25) is 4.79 Å². The number of aliphatic hydroxyl groups excluding tert-OH is 1. The Labute approximate surface area is 72.8 Å². The Kier molecular flexibility index (Phi) is 5.66. The van der Waals surface area contributed by atoms with Gasteiger partial charge in [0.05, 0.1) is 12.5 Å². The summed E-state index contributed by atoms with van der Waals surface area (Å²) in [5.74, 6) is -0.949. The zero-order valence-corrected chi connectivity index (χ0v) is 7.66. The molecule has 72 valence electrons. The maximum absolute atomic E-state index is 10.2. The molecule has 0 aromatic rings. The van der Waals surface area contributed by atoms with Crippen molar-refractivity contribution < 1.29 is 15.0 Å². The van der Waals surface area contributed by atoms with Gasteiger partial charge in [-0.1, -0.05) is 13.8 Å². The summed E-state index contributed by atoms with van der Waals surface area (Å²) in [6.07, 6.45) is -0.918. The highest BCUT2D eigenvalue weighted by atomic mass is 16.4. The van der Waals surface area contributed by atoms with Crippen molar-refractivity contribution in [1.82, 2.24) is 4.90 Å². The molecular formula is C8H17NO3. The highest BCUT2D eigenvalue weighted by Crippen LogP contribution is 1.96. The lowest BCUT2D eigenvalue weighted by molar-refractivity contribution is -0.139. The molecule has 1 unspecified atom stereocenters. The van der Waals surface area contributed by atoms with Gasteiger partial charge in [-0.25, -0.2) is 0 Å². The van der Waals surface area contributed by atoms with E-state index in [0.717, 1.165) is 13.1 Å². The summed E-state index contributed by atoms with van der Waals surface area (Å²) in [7, 11) is 0. The number of aliphatic hydroxyl groups is 1. The Hall–Kier alpha value is -0.610. The lowest BCUT2D eigenvalue weighted by Crippen LogP contribution is -2.33. The van der Waals surface area contributed by atoms with Crippen LogP contribution in [0.4, 0.5) is 0 Å². The van der Waals surface area contributed by atoms with E-state index in [0.29, 0.717) is 6.54 Å². The van der Waals surface area contributed by atoms with Gasteiger partial charge < -0.3 is 15.1 Å². The molecule has 4 nitrogen and oxygen atoms in total. The van der Waals surface area contributed by atoms with Crippen LogP contribution in [0.25, 0.3) is 0 Å². The van der Waals surface area contributed by atoms with E-state index in [-0.39, 0.29) is 6.42 Å². The number of hydrogen-bond donors (Lipinski definition) is 2. The van der Waals surface area contributed by atoms with E-state index in [2.05, 4.69) is 0 Å². The van der Waals surface area contributed by atoms with Crippen LogP contribution in [0, 0.1) is 0 Å². The summed E-state index contributed by atoms with van der Waals surface area (Å²) in [6, 6.07) is 0. The summed E-state index contributed by atoms with van der Waals surface area (Å²) < 4.78 is 0. The minimum Gasteiger partial charge on any atom is -0.481 e. The van der Waals surface area contributed by atoms with Gasteiger partial charge in [0.25, 0.3) is 0 Å². The summed E-state index contributed by atoms with van der Waals surface area (Å²) in [4.78, 5) is 12.2. The second-order valence-electron chi connectivity index (χ2n) is 2.74. The average molecular weight is 175 g/mol. The van der Waals surface area contributed by atoms with Crippen molar-refractivity contribution in [3.63, 3.8) is 0 Å². The Morgan fingerprint density at radius 3 is 2.25 bits per heavy atom. The summed E-state index contributed by atoms with van der Waals surface area (Å²) in [6.45, 7) is 6.09. The standard InChI is InChI=1S/C8H17NO3/c1-3-9(4-2)6-7(10)5-8(11)12/h7,10H,3-6H2,1-2H3,(H,11,12). The number of carboxylic acids is 1. The summed E-state index contributed by atoms with van der Waals surface area (Å²) >= 11 is 0. The fraction of sp³-hybridized carbons (Fsp3) is 0.875. The van der Waals surface area contributed by atoms with E-state index in [1.54, 1.807) is 0 Å². The predicted molar refractivity (Wildman–Crippen MR) is 46.0 cm³/mol. The Balaban J connectivity index is 3.65. The first-order valence-electron chi connectivity index (χ1n) is 4.22. The van der Waals surface area contributed by atoms with Gasteiger partial charge in [-0.15, -0.1) is 0 Å². The quantitative estimate of drug-likeness (QED) is 0.604. The van der Waals surface area contributed by atoms with Crippen molar-refractivity contribution in [3.05, 3.63) is 0 Å². The molecule has 0 bridgehead atoms. The van der Waals surface area contributed by atoms with Gasteiger partial charge in [-0.05, 0) is 13.1 Å². The lowest BCUT2D eigenvalue weighted by Gasteiger charge is -2.20. The molecule has 0 saturated heterocycles. The SMILES string of the molecule is CCN(CC)CC(O)CC(=O)O. The molecule has 0 spiro atoms. The molecule has 1 atom stereocenters. The smallest absolute Gasteiger partial charge is 0.306 e. The third-order valence-electron chi connectivity index (χ3n) is 1.77. The fourth-order valence-electron chi connectivity index (χ4n) is 1.05. The van der Waals surface area contributed by atoms with Gasteiger partial charge >= 0.3 is 5.97 Å². The maximum Gasteiger partial charge on any atom is 0.306 e. The van der Waals surface area contributed by atoms with Crippen LogP contribution in [0.2, 0.25) is 0 Å². The molecule has 0 aliphatic carbocycles. The number of nitrogens with zero attached hydrogens (tertiary/aromatic N) is 1. The van der Waals surface area contributed by atoms with Crippen molar-refractivity contribution >= 4 is 5.97 Å². The second-order valence-corrected chi connectivity index (χ2v) is 2.74. The van der Waals surface area contributed by atoms with Crippen LogP contribution in [-0.2, 0) is 4.79 Å². The third kappa shape index (κ3) is 5.09. The van der Waals surface area contributed by atoms with E-state index in [1.165, 1.54) is 0 Å². The molecule has 2 N–H and O–H groups in total. The number of carboxylic acid groups (broad SMARTS) is 1. The van der Waals surface area contributed by atoms with E-state index in [9.17, 15) is 9.90 Å². The molecule has 0 rings (SSSR count). The molecule has 0 aliphatic heterocycles. The number of rotatable bonds is 6. The molecule has 0 amide bonds. The van der Waals surface area contributed by atoms with Crippen LogP contribution in [0.5, 0.6) is 0 Å². The number of carbonyl (C=O) groups is 1. The van der Waals surface area contributed by atoms with Crippen molar-refractivity contribution in [2.75, 3.05) is 19.6 Å². The van der Waals surface area contributed by atoms with Crippen molar-refractivity contribution in [2.24, 2.45) is 0 Å². The van der Waals surface area contributed by atoms with E-state index in [1.807, 2.05) is 18.7 Å². The normalized spacial score (nSPS) is 13.3. The summed E-state index contributed by atoms with van der Waals surface area (Å²) in [5.41, 5.74) is 0. The highest BCUT2D eigenvalue weighted by molar-refractivity contribution is 5.67. The largest absolute Gasteiger partial charge is 0.481 e. The van der Waals surface area contributed by atoms with Gasteiger partial charge in [0.1, 0.15) is 0 Å². The first kappa shape index (κ1) is 11.4. The monoisotopic (exact) mass is 175 g/mol. The lowest BCUT2D eigenvalue weighted by atomic mass is 10.2. The minimum atomic E-state index is -0.949. The van der Waals surface area contributed by atoms with Crippen LogP contribution < -0.4 is 0 Å². The average Bonchev–Trinajstić information content (AvgIpc) is 1.98. The zero-order valence-electron chi connectivity index (χ0n) is 7.66. The molecule has 4 heteroatoms. The zero-order chi connectivity index (χ0) is 9.56. The van der Waals surface area contributed by atoms with Crippen LogP contribution in [0.15, 0.2) is 0 Å². The van der Waals surface area contributed by atoms with Crippen molar-refractivity contribution in [3.8, 4) is 0 Å². The fourth-order valence-corrected chi connectivity index (χ4v) is 1.05. The van der Waals surface area contributed by atoms with Crippen LogP contribution in [0.1, 0.15) is 20.3 Å². The number of hydrogen-bond acceptors (Lipinski definition) is 3. The minimum absolute atomic E-state index is 0.170. The van der Waals surface area contributed by atoms with Gasteiger partial charge in [0, 0.05) is 6.54 Å². The molecule has 0 aromatic heterocycles. The molecule has 0 radical (unpaired) electrons. The summed E-state index contributed by atoms with van der Waals surface area (Å²) in [5, 5.41) is 17.6. The van der Waals surface area contributed by atoms with Gasteiger partial charge in [0.2, 0.25) is 0 Å². The molecule has 0 aromatic carbocycles. The first-order valence-corrected chi connectivity index (χ1v) is 4.22. The third-order valence-corrected chi connectivity index (χ3v) is 1.77.